The Hall–Kier alpha value is 0.516. The maximum atomic E-state index is 12.3. The normalized spacial score (nSPS) is 21.2. The van der Waals surface area contributed by atoms with Crippen LogP contribution in [-0.2, 0) is 9.84 Å². The van der Waals surface area contributed by atoms with Crippen LogP contribution in [0.3, 0.4) is 0 Å². The second-order valence-electron chi connectivity index (χ2n) is 6.07. The van der Waals surface area contributed by atoms with Crippen LogP contribution in [0.1, 0.15) is 0 Å². The van der Waals surface area contributed by atoms with Crippen LogP contribution in [0.2, 0.25) is 34.5 Å². The van der Waals surface area contributed by atoms with Gasteiger partial charge in [0.15, 0.2) is 0 Å². The molecule has 0 aromatic heterocycles. The summed E-state index contributed by atoms with van der Waals surface area (Å²) in [6.45, 7) is 0. The first-order valence-corrected chi connectivity index (χ1v) is 21.3. The molecule has 1 aliphatic rings. The fraction of sp³-hybridized carbons (Fsp3) is 0.600. The van der Waals surface area contributed by atoms with Crippen molar-refractivity contribution in [2.75, 3.05) is 0 Å². The van der Waals surface area contributed by atoms with E-state index in [1.807, 2.05) is 12.2 Å². The van der Waals surface area contributed by atoms with Crippen molar-refractivity contribution in [2.24, 2.45) is 0 Å². The molecule has 0 spiro atoms. The quantitative estimate of drug-likeness (QED) is 0.718. The van der Waals surface area contributed by atoms with Crippen LogP contribution in [0.15, 0.2) is 19.6 Å². The van der Waals surface area contributed by atoms with Gasteiger partial charge in [-0.25, -0.2) is 0 Å². The van der Waals surface area contributed by atoms with Gasteiger partial charge < -0.3 is 0 Å². The number of hydrogen-bond donors (Lipinski definition) is 0. The molecule has 0 saturated carbocycles. The van der Waals surface area contributed by atoms with Crippen LogP contribution >= 0.6 is 0 Å². The van der Waals surface area contributed by atoms with E-state index in [2.05, 4.69) is 34.5 Å². The van der Waals surface area contributed by atoms with E-state index in [1.165, 1.54) is 0 Å². The van der Waals surface area contributed by atoms with E-state index in [-0.39, 0.29) is 0 Å². The van der Waals surface area contributed by atoms with Gasteiger partial charge in [-0.15, -0.1) is 0 Å². The Morgan fingerprint density at radius 1 is 0.800 bits per heavy atom. The third-order valence-corrected chi connectivity index (χ3v) is 20.5. The number of sulfone groups is 1. The number of allylic oxidation sites excluding steroid dienone is 2. The van der Waals surface area contributed by atoms with Crippen LogP contribution in [-0.4, -0.2) is 34.9 Å². The fourth-order valence-electron chi connectivity index (χ4n) is 1.76. The molecule has 0 atom stereocenters. The van der Waals surface area contributed by atoms with Crippen molar-refractivity contribution in [1.29, 1.82) is 0 Å². The Kier molecular flexibility index (Phi) is 3.41. The Balaban J connectivity index is 3.24. The molecular weight excluding hydrogens is 329 g/mol. The van der Waals surface area contributed by atoms with Crippen molar-refractivity contribution in [3.8, 4) is 0 Å². The summed E-state index contributed by atoms with van der Waals surface area (Å²) < 4.78 is 26.2. The zero-order chi connectivity index (χ0) is 12.1. The van der Waals surface area contributed by atoms with Crippen molar-refractivity contribution in [1.82, 2.24) is 0 Å². The van der Waals surface area contributed by atoms with Crippen LogP contribution in [0.25, 0.3) is 0 Å². The predicted molar refractivity (Wildman–Crippen MR) is 71.8 cm³/mol. The van der Waals surface area contributed by atoms with Gasteiger partial charge >= 0.3 is 99.0 Å². The minimum atomic E-state index is -3.05. The first-order chi connectivity index (χ1) is 6.47. The van der Waals surface area contributed by atoms with E-state index in [0.29, 0.717) is 0 Å². The van der Waals surface area contributed by atoms with Crippen LogP contribution in [0.4, 0.5) is 0 Å². The summed E-state index contributed by atoms with van der Waals surface area (Å²) in [5.41, 5.74) is 0. The molecule has 2 nitrogen and oxygen atoms in total. The van der Waals surface area contributed by atoms with Gasteiger partial charge in [0, 0.05) is 0 Å². The van der Waals surface area contributed by atoms with Gasteiger partial charge in [-0.3, -0.25) is 0 Å². The van der Waals surface area contributed by atoms with Crippen LogP contribution < -0.4 is 0 Å². The Morgan fingerprint density at radius 2 is 1.07 bits per heavy atom. The summed E-state index contributed by atoms with van der Waals surface area (Å²) in [5, 5.41) is 0. The molecule has 0 saturated heterocycles. The Morgan fingerprint density at radius 3 is 1.20 bits per heavy atom. The zero-order valence-electron chi connectivity index (χ0n) is 10.4. The average molecular weight is 350 g/mol. The molecule has 0 N–H and O–H groups in total. The molecule has 1 aliphatic heterocycles. The molecule has 0 aliphatic carbocycles. The topological polar surface area (TPSA) is 34.1 Å². The molecule has 1 heterocycles. The van der Waals surface area contributed by atoms with Crippen LogP contribution in [0.5, 0.6) is 0 Å². The first-order valence-electron chi connectivity index (χ1n) is 5.15. The number of rotatable bonds is 2. The van der Waals surface area contributed by atoms with E-state index in [4.69, 9.17) is 0 Å². The molecule has 0 amide bonds. The second-order valence-corrected chi connectivity index (χ2v) is 30.6. The number of hydrogen-bond acceptors (Lipinski definition) is 2. The summed E-state index contributed by atoms with van der Waals surface area (Å²) in [6.07, 6.45) is 3.75. The first kappa shape index (κ1) is 13.6. The molecule has 0 bridgehead atoms. The van der Waals surface area contributed by atoms with Gasteiger partial charge in [-0.05, 0) is 0 Å². The molecule has 86 valence electrons. The summed E-state index contributed by atoms with van der Waals surface area (Å²) in [6, 6.07) is 0. The standard InChI is InChI=1S/C10H20Ge2O2S/c1-11(2,3)9-7-8-10(12(4,5)6)15(9,13)14/h7-8H,1-6H3. The Labute approximate surface area is 98.5 Å². The van der Waals surface area contributed by atoms with E-state index in [0.717, 1.165) is 7.48 Å². The molecule has 0 radical (unpaired) electrons. The molecular formula is C10H20Ge2O2S. The van der Waals surface area contributed by atoms with Gasteiger partial charge in [0.1, 0.15) is 0 Å². The van der Waals surface area contributed by atoms with Crippen molar-refractivity contribution >= 4 is 36.4 Å². The van der Waals surface area contributed by atoms with E-state index < -0.39 is 36.4 Å². The van der Waals surface area contributed by atoms with E-state index in [9.17, 15) is 8.42 Å². The monoisotopic (exact) mass is 352 g/mol. The van der Waals surface area contributed by atoms with E-state index >= 15 is 0 Å². The van der Waals surface area contributed by atoms with Gasteiger partial charge in [-0.2, -0.15) is 0 Å². The predicted octanol–water partition coefficient (Wildman–Crippen LogP) is 2.94. The van der Waals surface area contributed by atoms with Gasteiger partial charge in [0.25, 0.3) is 0 Å². The van der Waals surface area contributed by atoms with Crippen LogP contribution in [0, 0.1) is 0 Å². The molecule has 0 fully saturated rings. The summed E-state index contributed by atoms with van der Waals surface area (Å²) in [5.74, 6) is 12.8. The van der Waals surface area contributed by atoms with Crippen molar-refractivity contribution < 1.29 is 8.42 Å². The summed E-state index contributed by atoms with van der Waals surface area (Å²) >= 11 is -4.47. The zero-order valence-corrected chi connectivity index (χ0v) is 15.4. The Bertz CT molecular complexity index is 395. The van der Waals surface area contributed by atoms with Gasteiger partial charge in [0.2, 0.25) is 0 Å². The molecule has 0 unspecified atom stereocenters. The fourth-order valence-corrected chi connectivity index (χ4v) is 19.4. The molecule has 0 aromatic rings. The second kappa shape index (κ2) is 3.77. The van der Waals surface area contributed by atoms with Crippen molar-refractivity contribution in [3.05, 3.63) is 19.6 Å². The molecule has 5 heteroatoms. The third kappa shape index (κ3) is 2.61. The average Bonchev–Trinajstić information content (AvgIpc) is 2.21. The summed E-state index contributed by atoms with van der Waals surface area (Å²) in [7, 11) is -3.05. The third-order valence-electron chi connectivity index (χ3n) is 2.44. The van der Waals surface area contributed by atoms with Crippen molar-refractivity contribution in [2.45, 2.75) is 34.5 Å². The van der Waals surface area contributed by atoms with Gasteiger partial charge in [-0.1, -0.05) is 0 Å². The van der Waals surface area contributed by atoms with E-state index in [1.54, 1.807) is 0 Å². The van der Waals surface area contributed by atoms with Gasteiger partial charge in [0.05, 0.1) is 0 Å². The molecule has 15 heavy (non-hydrogen) atoms. The molecule has 1 rings (SSSR count). The maximum absolute atomic E-state index is 12.3. The molecule has 0 aromatic carbocycles. The summed E-state index contributed by atoms with van der Waals surface area (Å²) in [4.78, 5) is 0. The SMILES string of the molecule is [CH3][Ge]([CH3])([CH3])[C]1=CC=[C]([Ge]([CH3])([CH3])[CH3])S1(=O)=O. The van der Waals surface area contributed by atoms with Crippen molar-refractivity contribution in [3.63, 3.8) is 0 Å². The minimum absolute atomic E-state index is 0.762.